The molecule has 0 bridgehead atoms. The van der Waals surface area contributed by atoms with Gasteiger partial charge in [0.15, 0.2) is 5.17 Å². The molecule has 3 N–H and O–H groups in total. The number of carbonyl (C=O) groups is 1. The third kappa shape index (κ3) is 3.64. The standard InChI is InChI=1S/C23H21N5O2S/c1-13-9-10-15(11-17(13)30-3)20-19(22(29)27-16-7-5-4-6-8-16)14(2)26-23-28(20)21(25)18(12-24)31-23/h4-11,20H,25H2,1-3H3,(H,27,29)/t20-/m0/s1. The fourth-order valence-corrected chi connectivity index (χ4v) is 4.59. The van der Waals surface area contributed by atoms with Gasteiger partial charge in [-0.15, -0.1) is 0 Å². The van der Waals surface area contributed by atoms with E-state index in [1.54, 1.807) is 18.9 Å². The number of amides is 1. The fourth-order valence-electron chi connectivity index (χ4n) is 3.67. The first kappa shape index (κ1) is 20.6. The van der Waals surface area contributed by atoms with E-state index in [1.165, 1.54) is 11.8 Å². The second-order valence-corrected chi connectivity index (χ2v) is 8.12. The lowest BCUT2D eigenvalue weighted by Gasteiger charge is -2.35. The summed E-state index contributed by atoms with van der Waals surface area (Å²) >= 11 is 1.21. The minimum atomic E-state index is -0.552. The number of allylic oxidation sites excluding steroid dienone is 2. The molecule has 0 aliphatic carbocycles. The van der Waals surface area contributed by atoms with Gasteiger partial charge in [-0.05, 0) is 54.9 Å². The number of thioether (sulfide) groups is 1. The number of nitriles is 1. The van der Waals surface area contributed by atoms with Gasteiger partial charge in [-0.1, -0.05) is 30.3 Å². The predicted octanol–water partition coefficient (Wildman–Crippen LogP) is 4.03. The molecule has 0 unspecified atom stereocenters. The summed E-state index contributed by atoms with van der Waals surface area (Å²) in [6.07, 6.45) is 0. The zero-order chi connectivity index (χ0) is 22.1. The highest BCUT2D eigenvalue weighted by Gasteiger charge is 2.42. The van der Waals surface area contributed by atoms with Crippen LogP contribution >= 0.6 is 11.8 Å². The van der Waals surface area contributed by atoms with E-state index in [-0.39, 0.29) is 11.7 Å². The number of fused-ring (bicyclic) bond motifs is 1. The SMILES string of the molecule is COc1cc([C@H]2C(C(=O)Nc3ccccc3)=C(C)N=C3SC(C#N)=C(N)N32)ccc1C. The van der Waals surface area contributed by atoms with E-state index >= 15 is 0 Å². The molecule has 2 aliphatic heterocycles. The van der Waals surface area contributed by atoms with E-state index in [2.05, 4.69) is 16.4 Å². The smallest absolute Gasteiger partial charge is 0.255 e. The van der Waals surface area contributed by atoms with Crippen LogP contribution in [0.4, 0.5) is 5.69 Å². The number of nitrogens with one attached hydrogen (secondary N) is 1. The van der Waals surface area contributed by atoms with E-state index in [0.717, 1.165) is 11.1 Å². The van der Waals surface area contributed by atoms with Crippen LogP contribution in [-0.2, 0) is 4.79 Å². The van der Waals surface area contributed by atoms with E-state index in [9.17, 15) is 10.1 Å². The lowest BCUT2D eigenvalue weighted by atomic mass is 9.93. The predicted molar refractivity (Wildman–Crippen MR) is 122 cm³/mol. The minimum absolute atomic E-state index is 0.278. The van der Waals surface area contributed by atoms with Crippen molar-refractivity contribution in [2.24, 2.45) is 10.7 Å². The van der Waals surface area contributed by atoms with Crippen molar-refractivity contribution in [2.45, 2.75) is 19.9 Å². The van der Waals surface area contributed by atoms with E-state index < -0.39 is 6.04 Å². The molecule has 0 aromatic heterocycles. The number of methoxy groups -OCH3 is 1. The van der Waals surface area contributed by atoms with Crippen LogP contribution < -0.4 is 15.8 Å². The summed E-state index contributed by atoms with van der Waals surface area (Å²) in [5, 5.41) is 13.0. The van der Waals surface area contributed by atoms with Crippen molar-refractivity contribution in [3.05, 3.63) is 81.7 Å². The number of amidine groups is 1. The zero-order valence-corrected chi connectivity index (χ0v) is 18.2. The second kappa shape index (κ2) is 8.20. The summed E-state index contributed by atoms with van der Waals surface area (Å²) in [7, 11) is 1.61. The Morgan fingerprint density at radius 3 is 2.68 bits per heavy atom. The Kier molecular flexibility index (Phi) is 5.44. The summed E-state index contributed by atoms with van der Waals surface area (Å²) in [6, 6.07) is 16.6. The number of aliphatic imine (C=N–C) groups is 1. The number of benzene rings is 2. The molecule has 2 heterocycles. The third-order valence-corrected chi connectivity index (χ3v) is 6.18. The molecule has 31 heavy (non-hydrogen) atoms. The number of hydrogen-bond acceptors (Lipinski definition) is 7. The number of nitrogens with two attached hydrogens (primary N) is 1. The highest BCUT2D eigenvalue weighted by Crippen LogP contribution is 2.46. The van der Waals surface area contributed by atoms with Gasteiger partial charge in [0, 0.05) is 5.69 Å². The Morgan fingerprint density at radius 1 is 1.26 bits per heavy atom. The van der Waals surface area contributed by atoms with Gasteiger partial charge in [0.2, 0.25) is 0 Å². The molecular weight excluding hydrogens is 410 g/mol. The topological polar surface area (TPSA) is 104 Å². The number of anilines is 1. The van der Waals surface area contributed by atoms with Gasteiger partial charge in [0.1, 0.15) is 22.5 Å². The lowest BCUT2D eigenvalue weighted by Crippen LogP contribution is -2.39. The van der Waals surface area contributed by atoms with Crippen LogP contribution in [0.1, 0.15) is 24.1 Å². The molecule has 0 spiro atoms. The average molecular weight is 432 g/mol. The van der Waals surface area contributed by atoms with Gasteiger partial charge in [-0.25, -0.2) is 4.99 Å². The number of aryl methyl sites for hydroxylation is 1. The maximum atomic E-state index is 13.4. The quantitative estimate of drug-likeness (QED) is 0.758. The maximum absolute atomic E-state index is 13.4. The summed E-state index contributed by atoms with van der Waals surface area (Å²) in [5.74, 6) is 0.712. The molecule has 4 rings (SSSR count). The molecule has 0 saturated carbocycles. The monoisotopic (exact) mass is 431 g/mol. The molecule has 0 radical (unpaired) electrons. The number of rotatable bonds is 4. The molecule has 0 saturated heterocycles. The Labute approximate surface area is 184 Å². The molecule has 2 aromatic rings. The summed E-state index contributed by atoms with van der Waals surface area (Å²) in [4.78, 5) is 20.1. The molecule has 8 heteroatoms. The first-order valence-corrected chi connectivity index (χ1v) is 10.4. The largest absolute Gasteiger partial charge is 0.496 e. The maximum Gasteiger partial charge on any atom is 0.255 e. The summed E-state index contributed by atoms with van der Waals surface area (Å²) < 4.78 is 5.51. The first-order chi connectivity index (χ1) is 14.9. The van der Waals surface area contributed by atoms with Crippen LogP contribution in [0.2, 0.25) is 0 Å². The van der Waals surface area contributed by atoms with Gasteiger partial charge in [-0.2, -0.15) is 5.26 Å². The van der Waals surface area contributed by atoms with Crippen molar-refractivity contribution in [1.82, 2.24) is 4.90 Å². The Hall–Kier alpha value is -3.70. The van der Waals surface area contributed by atoms with Gasteiger partial charge in [0.05, 0.1) is 24.4 Å². The van der Waals surface area contributed by atoms with Crippen LogP contribution in [0, 0.1) is 18.3 Å². The Balaban J connectivity index is 1.85. The first-order valence-electron chi connectivity index (χ1n) is 9.62. The molecule has 0 fully saturated rings. The zero-order valence-electron chi connectivity index (χ0n) is 17.3. The van der Waals surface area contributed by atoms with Crippen molar-refractivity contribution >= 4 is 28.5 Å². The van der Waals surface area contributed by atoms with Crippen LogP contribution in [0.5, 0.6) is 5.75 Å². The number of carbonyl (C=O) groups excluding carboxylic acids is 1. The van der Waals surface area contributed by atoms with Crippen LogP contribution in [0.25, 0.3) is 0 Å². The molecule has 1 amide bonds. The molecule has 1 atom stereocenters. The van der Waals surface area contributed by atoms with Crippen molar-refractivity contribution in [3.63, 3.8) is 0 Å². The number of nitrogens with zero attached hydrogens (tertiary/aromatic N) is 3. The van der Waals surface area contributed by atoms with Gasteiger partial charge >= 0.3 is 0 Å². The number of ether oxygens (including phenoxy) is 1. The highest BCUT2D eigenvalue weighted by molar-refractivity contribution is 8.17. The lowest BCUT2D eigenvalue weighted by molar-refractivity contribution is -0.113. The van der Waals surface area contributed by atoms with Crippen molar-refractivity contribution in [1.29, 1.82) is 5.26 Å². The minimum Gasteiger partial charge on any atom is -0.496 e. The summed E-state index contributed by atoms with van der Waals surface area (Å²) in [6.45, 7) is 3.75. The molecule has 156 valence electrons. The molecular formula is C23H21N5O2S. The molecule has 2 aliphatic rings. The molecule has 2 aromatic carbocycles. The van der Waals surface area contributed by atoms with Gasteiger partial charge < -0.3 is 15.8 Å². The van der Waals surface area contributed by atoms with Crippen LogP contribution in [-0.4, -0.2) is 23.1 Å². The van der Waals surface area contributed by atoms with E-state index in [1.807, 2.05) is 55.5 Å². The fraction of sp³-hybridized carbons (Fsp3) is 0.174. The normalized spacial score (nSPS) is 17.8. The van der Waals surface area contributed by atoms with Crippen LogP contribution in [0.15, 0.2) is 75.5 Å². The number of para-hydroxylation sites is 1. The van der Waals surface area contributed by atoms with E-state index in [4.69, 9.17) is 10.5 Å². The van der Waals surface area contributed by atoms with E-state index in [0.29, 0.717) is 32.8 Å². The third-order valence-electron chi connectivity index (χ3n) is 5.20. The average Bonchev–Trinajstić information content (AvgIpc) is 3.08. The molecule has 7 nitrogen and oxygen atoms in total. The second-order valence-electron chi connectivity index (χ2n) is 7.14. The number of hydrogen-bond donors (Lipinski definition) is 2. The summed E-state index contributed by atoms with van der Waals surface area (Å²) in [5.41, 5.74) is 9.83. The Bertz CT molecular complexity index is 1190. The van der Waals surface area contributed by atoms with Gasteiger partial charge in [-0.3, -0.25) is 9.69 Å². The van der Waals surface area contributed by atoms with Gasteiger partial charge in [0.25, 0.3) is 5.91 Å². The van der Waals surface area contributed by atoms with Crippen LogP contribution in [0.3, 0.4) is 0 Å². The van der Waals surface area contributed by atoms with Crippen molar-refractivity contribution < 1.29 is 9.53 Å². The van der Waals surface area contributed by atoms with Crippen molar-refractivity contribution in [3.8, 4) is 11.8 Å². The highest BCUT2D eigenvalue weighted by atomic mass is 32.2. The Morgan fingerprint density at radius 2 is 2.00 bits per heavy atom. The van der Waals surface area contributed by atoms with Crippen molar-refractivity contribution in [2.75, 3.05) is 12.4 Å².